The summed E-state index contributed by atoms with van der Waals surface area (Å²) in [6.45, 7) is 9.90. The molecule has 2 fully saturated rings. The Morgan fingerprint density at radius 3 is 2.70 bits per heavy atom. The van der Waals surface area contributed by atoms with Crippen LogP contribution < -0.4 is 5.32 Å². The van der Waals surface area contributed by atoms with Gasteiger partial charge in [-0.05, 0) is 18.9 Å². The van der Waals surface area contributed by atoms with E-state index < -0.39 is 0 Å². The first kappa shape index (κ1) is 19.4. The molecule has 0 spiro atoms. The lowest BCUT2D eigenvalue weighted by molar-refractivity contribution is -0.134. The molecular formula is C20H29ClN4OS. The molecule has 1 unspecified atom stereocenters. The number of rotatable bonds is 5. The Labute approximate surface area is 171 Å². The summed E-state index contributed by atoms with van der Waals surface area (Å²) in [5, 5.41) is 4.38. The molecule has 1 amide bonds. The molecule has 0 aromatic heterocycles. The van der Waals surface area contributed by atoms with Crippen LogP contribution in [0.4, 0.5) is 0 Å². The van der Waals surface area contributed by atoms with Crippen LogP contribution in [0, 0.1) is 0 Å². The Bertz CT molecular complexity index is 652. The lowest BCUT2D eigenvalue weighted by atomic mass is 9.91. The van der Waals surface area contributed by atoms with Crippen molar-refractivity contribution in [3.63, 3.8) is 0 Å². The molecule has 1 atom stereocenters. The minimum Gasteiger partial charge on any atom is -0.372 e. The first-order valence-corrected chi connectivity index (χ1v) is 11.3. The van der Waals surface area contributed by atoms with Gasteiger partial charge in [0.15, 0.2) is 0 Å². The van der Waals surface area contributed by atoms with Gasteiger partial charge in [0, 0.05) is 67.4 Å². The van der Waals surface area contributed by atoms with E-state index in [0.717, 1.165) is 51.7 Å². The average Bonchev–Trinajstić information content (AvgIpc) is 3.02. The fourth-order valence-corrected chi connectivity index (χ4v) is 5.69. The molecule has 0 aromatic carbocycles. The number of hydrogen-bond donors (Lipinski definition) is 1. The van der Waals surface area contributed by atoms with Crippen molar-refractivity contribution < 1.29 is 4.79 Å². The van der Waals surface area contributed by atoms with Crippen LogP contribution >= 0.6 is 23.4 Å². The van der Waals surface area contributed by atoms with Gasteiger partial charge in [0.1, 0.15) is 0 Å². The number of carbonyl (C=O) groups excluding carboxylic acids is 1. The van der Waals surface area contributed by atoms with E-state index in [1.807, 2.05) is 6.08 Å². The molecule has 5 nitrogen and oxygen atoms in total. The highest BCUT2D eigenvalue weighted by molar-refractivity contribution is 8.04. The zero-order valence-electron chi connectivity index (χ0n) is 15.8. The van der Waals surface area contributed by atoms with Gasteiger partial charge in [-0.25, -0.2) is 0 Å². The normalized spacial score (nSPS) is 28.0. The van der Waals surface area contributed by atoms with E-state index in [4.69, 9.17) is 11.6 Å². The summed E-state index contributed by atoms with van der Waals surface area (Å²) in [6.07, 6.45) is 8.70. The third-order valence-corrected chi connectivity index (χ3v) is 7.54. The number of piperazine rings is 1. The standard InChI is InChI=1S/C20H29ClN4OS/c1-2-15(21)12-19-22-17-6-7-23(13-18(17)27-19)14-20(26)25-10-8-24(9-11-25)16-4-3-5-16/h2,12,16,19,22H,1,3-11,13-14H2/b15-12-. The predicted octanol–water partition coefficient (Wildman–Crippen LogP) is 2.57. The van der Waals surface area contributed by atoms with E-state index in [1.54, 1.807) is 17.8 Å². The summed E-state index contributed by atoms with van der Waals surface area (Å²) in [4.78, 5) is 21.0. The van der Waals surface area contributed by atoms with Crippen LogP contribution in [0.3, 0.4) is 0 Å². The molecule has 4 aliphatic rings. The first-order valence-electron chi connectivity index (χ1n) is 10.0. The van der Waals surface area contributed by atoms with Gasteiger partial charge in [-0.2, -0.15) is 0 Å². The van der Waals surface area contributed by atoms with Crippen LogP contribution in [-0.2, 0) is 4.79 Å². The van der Waals surface area contributed by atoms with Gasteiger partial charge < -0.3 is 10.2 Å². The monoisotopic (exact) mass is 408 g/mol. The molecule has 0 aromatic rings. The second-order valence-corrected chi connectivity index (χ2v) is 9.48. The van der Waals surface area contributed by atoms with Crippen LogP contribution in [0.5, 0.6) is 0 Å². The molecule has 148 valence electrons. The minimum absolute atomic E-state index is 0.177. The quantitative estimate of drug-likeness (QED) is 0.708. The highest BCUT2D eigenvalue weighted by atomic mass is 35.5. The highest BCUT2D eigenvalue weighted by Gasteiger charge is 2.32. The SMILES string of the molecule is C=C/C(Cl)=C/C1NC2=C(CN(CC(=O)N3CCN(C4CCC4)CC3)CC2)S1. The number of carbonyl (C=O) groups is 1. The van der Waals surface area contributed by atoms with Gasteiger partial charge in [-0.1, -0.05) is 42.4 Å². The molecule has 3 aliphatic heterocycles. The summed E-state index contributed by atoms with van der Waals surface area (Å²) in [5.74, 6) is 0.286. The van der Waals surface area contributed by atoms with Crippen LogP contribution in [0.25, 0.3) is 0 Å². The van der Waals surface area contributed by atoms with E-state index in [2.05, 4.69) is 26.6 Å². The number of nitrogens with zero attached hydrogens (tertiary/aromatic N) is 3. The smallest absolute Gasteiger partial charge is 0.236 e. The summed E-state index contributed by atoms with van der Waals surface area (Å²) in [7, 11) is 0. The number of amides is 1. The second kappa shape index (κ2) is 8.60. The predicted molar refractivity (Wildman–Crippen MR) is 113 cm³/mol. The van der Waals surface area contributed by atoms with Gasteiger partial charge in [0.25, 0.3) is 0 Å². The number of thioether (sulfide) groups is 1. The molecule has 3 heterocycles. The third kappa shape index (κ3) is 4.56. The van der Waals surface area contributed by atoms with Gasteiger partial charge in [-0.3, -0.25) is 14.6 Å². The van der Waals surface area contributed by atoms with Gasteiger partial charge in [0.2, 0.25) is 5.91 Å². The molecule has 7 heteroatoms. The lowest BCUT2D eigenvalue weighted by Gasteiger charge is -2.43. The fourth-order valence-electron chi connectivity index (χ4n) is 4.21. The Morgan fingerprint density at radius 2 is 2.04 bits per heavy atom. The van der Waals surface area contributed by atoms with Crippen molar-refractivity contribution in [3.8, 4) is 0 Å². The van der Waals surface area contributed by atoms with Crippen molar-refractivity contribution in [3.05, 3.63) is 34.4 Å². The summed E-state index contributed by atoms with van der Waals surface area (Å²) >= 11 is 7.88. The number of nitrogens with one attached hydrogen (secondary N) is 1. The molecule has 27 heavy (non-hydrogen) atoms. The molecule has 1 saturated heterocycles. The van der Waals surface area contributed by atoms with E-state index >= 15 is 0 Å². The number of allylic oxidation sites excluding steroid dienone is 2. The van der Waals surface area contributed by atoms with Crippen molar-refractivity contribution in [2.75, 3.05) is 45.8 Å². The van der Waals surface area contributed by atoms with Crippen LogP contribution in [0.2, 0.25) is 0 Å². The summed E-state index contributed by atoms with van der Waals surface area (Å²) in [6, 6.07) is 0.790. The largest absolute Gasteiger partial charge is 0.372 e. The van der Waals surface area contributed by atoms with E-state index in [0.29, 0.717) is 11.6 Å². The highest BCUT2D eigenvalue weighted by Crippen LogP contribution is 2.36. The maximum atomic E-state index is 12.8. The Morgan fingerprint density at radius 1 is 1.26 bits per heavy atom. The van der Waals surface area contributed by atoms with Crippen LogP contribution in [0.15, 0.2) is 34.4 Å². The molecule has 0 radical (unpaired) electrons. The molecule has 1 aliphatic carbocycles. The molecule has 4 rings (SSSR count). The topological polar surface area (TPSA) is 38.8 Å². The Hall–Kier alpha value is -0.950. The van der Waals surface area contributed by atoms with Crippen LogP contribution in [-0.4, -0.2) is 77.8 Å². The van der Waals surface area contributed by atoms with E-state index in [-0.39, 0.29) is 11.3 Å². The Kier molecular flexibility index (Phi) is 6.17. The minimum atomic E-state index is 0.177. The zero-order chi connectivity index (χ0) is 18.8. The van der Waals surface area contributed by atoms with Crippen molar-refractivity contribution >= 4 is 29.3 Å². The first-order chi connectivity index (χ1) is 13.1. The van der Waals surface area contributed by atoms with Crippen molar-refractivity contribution in [2.45, 2.75) is 37.1 Å². The fraction of sp³-hybridized carbons (Fsp3) is 0.650. The summed E-state index contributed by atoms with van der Waals surface area (Å²) in [5.41, 5.74) is 1.31. The summed E-state index contributed by atoms with van der Waals surface area (Å²) < 4.78 is 0. The molecule has 1 saturated carbocycles. The molecule has 0 bridgehead atoms. The van der Waals surface area contributed by atoms with Crippen molar-refractivity contribution in [1.29, 1.82) is 0 Å². The maximum Gasteiger partial charge on any atom is 0.236 e. The second-order valence-electron chi connectivity index (χ2n) is 7.80. The van der Waals surface area contributed by atoms with Gasteiger partial charge in [-0.15, -0.1) is 0 Å². The van der Waals surface area contributed by atoms with Gasteiger partial charge >= 0.3 is 0 Å². The maximum absolute atomic E-state index is 12.8. The molecule has 1 N–H and O–H groups in total. The number of halogens is 1. The van der Waals surface area contributed by atoms with Crippen molar-refractivity contribution in [1.82, 2.24) is 20.0 Å². The lowest BCUT2D eigenvalue weighted by Crippen LogP contribution is -2.55. The number of hydrogen-bond acceptors (Lipinski definition) is 5. The van der Waals surface area contributed by atoms with Crippen molar-refractivity contribution in [2.24, 2.45) is 0 Å². The average molecular weight is 409 g/mol. The zero-order valence-corrected chi connectivity index (χ0v) is 17.4. The van der Waals surface area contributed by atoms with Gasteiger partial charge in [0.05, 0.1) is 11.9 Å². The Balaban J connectivity index is 1.24. The third-order valence-electron chi connectivity index (χ3n) is 6.09. The van der Waals surface area contributed by atoms with E-state index in [9.17, 15) is 4.79 Å². The van der Waals surface area contributed by atoms with E-state index in [1.165, 1.54) is 29.9 Å². The molecular weight excluding hydrogens is 380 g/mol. The van der Waals surface area contributed by atoms with Crippen LogP contribution in [0.1, 0.15) is 25.7 Å².